The van der Waals surface area contributed by atoms with Crippen LogP contribution in [-0.2, 0) is 0 Å². The maximum Gasteiger partial charge on any atom is 0.0746 e. The zero-order chi connectivity index (χ0) is 13.0. The third kappa shape index (κ3) is 3.55. The monoisotopic (exact) mass is 248 g/mol. The van der Waals surface area contributed by atoms with Crippen molar-refractivity contribution < 1.29 is 5.11 Å². The predicted molar refractivity (Wildman–Crippen MR) is 74.5 cm³/mol. The van der Waals surface area contributed by atoms with Crippen molar-refractivity contribution in [2.24, 2.45) is 5.73 Å². The van der Waals surface area contributed by atoms with Gasteiger partial charge in [0.1, 0.15) is 0 Å². The Morgan fingerprint density at radius 2 is 2.11 bits per heavy atom. The largest absolute Gasteiger partial charge is 0.389 e. The molecule has 1 fully saturated rings. The van der Waals surface area contributed by atoms with E-state index < -0.39 is 5.60 Å². The maximum atomic E-state index is 10.1. The van der Waals surface area contributed by atoms with Gasteiger partial charge in [-0.3, -0.25) is 4.90 Å². The molecule has 1 aliphatic heterocycles. The van der Waals surface area contributed by atoms with Crippen LogP contribution in [0.5, 0.6) is 0 Å². The van der Waals surface area contributed by atoms with Crippen LogP contribution >= 0.6 is 0 Å². The van der Waals surface area contributed by atoms with Gasteiger partial charge in [0.25, 0.3) is 0 Å². The Bertz CT molecular complexity index is 364. The molecule has 2 rings (SSSR count). The van der Waals surface area contributed by atoms with Gasteiger partial charge < -0.3 is 10.8 Å². The van der Waals surface area contributed by atoms with Crippen LogP contribution < -0.4 is 5.73 Å². The first kappa shape index (κ1) is 13.5. The number of β-amino-alcohol motifs (C(OH)–C–C–N with tert-alkyl or cyclic N) is 1. The molecule has 2 unspecified atom stereocenters. The lowest BCUT2D eigenvalue weighted by molar-refractivity contribution is -0.0169. The average Bonchev–Trinajstić information content (AvgIpc) is 2.36. The lowest BCUT2D eigenvalue weighted by Gasteiger charge is -2.38. The van der Waals surface area contributed by atoms with Crippen molar-refractivity contribution in [3.63, 3.8) is 0 Å². The van der Waals surface area contributed by atoms with Crippen LogP contribution in [0.1, 0.15) is 31.2 Å². The highest BCUT2D eigenvalue weighted by atomic mass is 16.3. The summed E-state index contributed by atoms with van der Waals surface area (Å²) < 4.78 is 0. The zero-order valence-corrected chi connectivity index (χ0v) is 11.2. The number of nitrogens with two attached hydrogens (primary N) is 1. The Labute approximate surface area is 110 Å². The molecule has 1 aliphatic rings. The van der Waals surface area contributed by atoms with Gasteiger partial charge in [-0.05, 0) is 31.9 Å². The van der Waals surface area contributed by atoms with Gasteiger partial charge in [0.2, 0.25) is 0 Å². The second-order valence-electron chi connectivity index (χ2n) is 5.68. The van der Waals surface area contributed by atoms with E-state index >= 15 is 0 Å². The number of aliphatic hydroxyl groups is 1. The number of likely N-dealkylation sites (tertiary alicyclic amines) is 1. The van der Waals surface area contributed by atoms with Crippen LogP contribution in [-0.4, -0.2) is 41.8 Å². The molecule has 1 aromatic rings. The van der Waals surface area contributed by atoms with Crippen LogP contribution in [0.15, 0.2) is 30.3 Å². The molecule has 0 aromatic heterocycles. The summed E-state index contributed by atoms with van der Waals surface area (Å²) in [6.45, 7) is 5.36. The van der Waals surface area contributed by atoms with Crippen molar-refractivity contribution in [1.82, 2.24) is 4.90 Å². The minimum Gasteiger partial charge on any atom is -0.389 e. The van der Waals surface area contributed by atoms with E-state index in [9.17, 15) is 5.11 Å². The van der Waals surface area contributed by atoms with E-state index in [1.807, 2.05) is 13.0 Å². The van der Waals surface area contributed by atoms with Crippen LogP contribution in [0.3, 0.4) is 0 Å². The Kier molecular flexibility index (Phi) is 4.38. The number of piperidine rings is 1. The van der Waals surface area contributed by atoms with Gasteiger partial charge in [0.05, 0.1) is 5.60 Å². The Morgan fingerprint density at radius 3 is 2.72 bits per heavy atom. The molecule has 0 spiro atoms. The molecule has 0 radical (unpaired) electrons. The highest BCUT2D eigenvalue weighted by Crippen LogP contribution is 2.23. The van der Waals surface area contributed by atoms with Gasteiger partial charge in [0.15, 0.2) is 0 Å². The molecular formula is C15H24N2O. The Hall–Kier alpha value is -0.900. The first-order chi connectivity index (χ1) is 8.61. The fraction of sp³-hybridized carbons (Fsp3) is 0.600. The van der Waals surface area contributed by atoms with Crippen LogP contribution in [0.25, 0.3) is 0 Å². The first-order valence-electron chi connectivity index (χ1n) is 6.80. The third-order valence-corrected chi connectivity index (χ3v) is 3.79. The number of hydrogen-bond acceptors (Lipinski definition) is 3. The fourth-order valence-electron chi connectivity index (χ4n) is 2.83. The van der Waals surface area contributed by atoms with Crippen molar-refractivity contribution in [3.8, 4) is 0 Å². The van der Waals surface area contributed by atoms with Gasteiger partial charge >= 0.3 is 0 Å². The normalized spacial score (nSPS) is 27.1. The molecule has 0 amide bonds. The molecule has 3 N–H and O–H groups in total. The second-order valence-corrected chi connectivity index (χ2v) is 5.68. The molecule has 0 aliphatic carbocycles. The minimum atomic E-state index is -0.534. The summed E-state index contributed by atoms with van der Waals surface area (Å²) >= 11 is 0. The van der Waals surface area contributed by atoms with Crippen molar-refractivity contribution in [2.75, 3.05) is 26.2 Å². The maximum absolute atomic E-state index is 10.1. The van der Waals surface area contributed by atoms with E-state index in [-0.39, 0.29) is 0 Å². The lowest BCUT2D eigenvalue weighted by Crippen LogP contribution is -2.47. The molecule has 2 atom stereocenters. The number of nitrogens with zero attached hydrogens (tertiary/aromatic N) is 1. The van der Waals surface area contributed by atoms with Crippen LogP contribution in [0, 0.1) is 0 Å². The molecule has 1 heterocycles. The fourth-order valence-corrected chi connectivity index (χ4v) is 2.83. The zero-order valence-electron chi connectivity index (χ0n) is 11.2. The van der Waals surface area contributed by atoms with Crippen molar-refractivity contribution in [2.45, 2.75) is 31.3 Å². The van der Waals surface area contributed by atoms with Crippen molar-refractivity contribution in [3.05, 3.63) is 35.9 Å². The van der Waals surface area contributed by atoms with Crippen molar-refractivity contribution in [1.29, 1.82) is 0 Å². The van der Waals surface area contributed by atoms with Crippen molar-refractivity contribution >= 4 is 0 Å². The summed E-state index contributed by atoms with van der Waals surface area (Å²) in [7, 11) is 0. The van der Waals surface area contributed by atoms with Gasteiger partial charge in [-0.1, -0.05) is 30.3 Å². The molecule has 18 heavy (non-hydrogen) atoms. The summed E-state index contributed by atoms with van der Waals surface area (Å²) in [4.78, 5) is 2.34. The lowest BCUT2D eigenvalue weighted by atomic mass is 9.92. The second kappa shape index (κ2) is 5.83. The Morgan fingerprint density at radius 1 is 1.39 bits per heavy atom. The van der Waals surface area contributed by atoms with Crippen LogP contribution in [0.4, 0.5) is 0 Å². The minimum absolute atomic E-state index is 0.361. The van der Waals surface area contributed by atoms with Gasteiger partial charge in [0, 0.05) is 25.6 Å². The first-order valence-corrected chi connectivity index (χ1v) is 6.80. The molecule has 3 heteroatoms. The SMILES string of the molecule is CC1(O)CCCN(CC(CN)c2ccccc2)C1. The van der Waals surface area contributed by atoms with E-state index in [1.165, 1.54) is 5.56 Å². The van der Waals surface area contributed by atoms with Gasteiger partial charge in [-0.2, -0.15) is 0 Å². The molecule has 0 bridgehead atoms. The van der Waals surface area contributed by atoms with Crippen LogP contribution in [0.2, 0.25) is 0 Å². The quantitative estimate of drug-likeness (QED) is 0.850. The highest BCUT2D eigenvalue weighted by molar-refractivity contribution is 5.20. The summed E-state index contributed by atoms with van der Waals surface area (Å²) in [5.41, 5.74) is 6.66. The Balaban J connectivity index is 1.98. The average molecular weight is 248 g/mol. The summed E-state index contributed by atoms with van der Waals surface area (Å²) in [5, 5.41) is 10.1. The van der Waals surface area contributed by atoms with E-state index in [2.05, 4.69) is 29.2 Å². The molecule has 100 valence electrons. The molecular weight excluding hydrogens is 224 g/mol. The molecule has 3 nitrogen and oxygen atoms in total. The third-order valence-electron chi connectivity index (χ3n) is 3.79. The van der Waals surface area contributed by atoms with E-state index in [0.717, 1.165) is 32.5 Å². The van der Waals surface area contributed by atoms with Gasteiger partial charge in [-0.15, -0.1) is 0 Å². The summed E-state index contributed by atoms with van der Waals surface area (Å²) in [5.74, 6) is 0.361. The number of hydrogen-bond donors (Lipinski definition) is 2. The topological polar surface area (TPSA) is 49.5 Å². The predicted octanol–water partition coefficient (Wildman–Crippen LogP) is 1.58. The van der Waals surface area contributed by atoms with Gasteiger partial charge in [-0.25, -0.2) is 0 Å². The summed E-state index contributed by atoms with van der Waals surface area (Å²) in [6, 6.07) is 10.4. The van der Waals surface area contributed by atoms with E-state index in [4.69, 9.17) is 5.73 Å². The molecule has 0 saturated carbocycles. The number of rotatable bonds is 4. The molecule has 1 aromatic carbocycles. The van der Waals surface area contributed by atoms with E-state index in [1.54, 1.807) is 0 Å². The van der Waals surface area contributed by atoms with E-state index in [0.29, 0.717) is 12.5 Å². The standard InChI is InChI=1S/C15H24N2O/c1-15(18)8-5-9-17(12-15)11-14(10-16)13-6-3-2-4-7-13/h2-4,6-7,14,18H,5,8-12,16H2,1H3. The smallest absolute Gasteiger partial charge is 0.0746 e. The highest BCUT2D eigenvalue weighted by Gasteiger charge is 2.29. The molecule has 1 saturated heterocycles. The summed E-state index contributed by atoms with van der Waals surface area (Å²) in [6.07, 6.45) is 1.97. The number of benzene rings is 1.